The van der Waals surface area contributed by atoms with Gasteiger partial charge in [0.1, 0.15) is 0 Å². The quantitative estimate of drug-likeness (QED) is 0.582. The Hall–Kier alpha value is -1.43. The van der Waals surface area contributed by atoms with E-state index in [-0.39, 0.29) is 24.1 Å². The lowest BCUT2D eigenvalue weighted by molar-refractivity contribution is -0.137. The van der Waals surface area contributed by atoms with Gasteiger partial charge in [-0.1, -0.05) is 0 Å². The summed E-state index contributed by atoms with van der Waals surface area (Å²) in [6.07, 6.45) is -4.34. The van der Waals surface area contributed by atoms with Gasteiger partial charge in [-0.25, -0.2) is 4.99 Å². The highest BCUT2D eigenvalue weighted by Gasteiger charge is 2.29. The van der Waals surface area contributed by atoms with Crippen LogP contribution in [0, 0.1) is 0 Å². The zero-order chi connectivity index (χ0) is 10.8. The Morgan fingerprint density at radius 2 is 1.53 bits per heavy atom. The number of nitrogens with two attached hydrogens (primary N) is 2. The second-order valence-corrected chi connectivity index (χ2v) is 2.58. The van der Waals surface area contributed by atoms with E-state index in [1.807, 2.05) is 0 Å². The molecular formula is C8H9ClF3N3. The van der Waals surface area contributed by atoms with Crippen LogP contribution in [-0.4, -0.2) is 5.96 Å². The van der Waals surface area contributed by atoms with E-state index in [1.54, 1.807) is 0 Å². The van der Waals surface area contributed by atoms with Crippen molar-refractivity contribution in [2.24, 2.45) is 16.5 Å². The zero-order valence-electron chi connectivity index (χ0n) is 7.45. The fraction of sp³-hybridized carbons (Fsp3) is 0.125. The molecular weight excluding hydrogens is 231 g/mol. The molecule has 0 aliphatic rings. The predicted molar refractivity (Wildman–Crippen MR) is 54.2 cm³/mol. The van der Waals surface area contributed by atoms with Crippen molar-refractivity contribution in [3.63, 3.8) is 0 Å². The van der Waals surface area contributed by atoms with E-state index in [0.717, 1.165) is 12.1 Å². The second-order valence-electron chi connectivity index (χ2n) is 2.58. The third-order valence-corrected chi connectivity index (χ3v) is 1.45. The van der Waals surface area contributed by atoms with Gasteiger partial charge in [-0.3, -0.25) is 0 Å². The van der Waals surface area contributed by atoms with Gasteiger partial charge in [-0.05, 0) is 24.3 Å². The van der Waals surface area contributed by atoms with Gasteiger partial charge in [0.05, 0.1) is 11.3 Å². The minimum absolute atomic E-state index is 0. The first-order valence-corrected chi connectivity index (χ1v) is 3.66. The SMILES string of the molecule is Cl.NC(N)=Nc1ccc(C(F)(F)F)cc1. The van der Waals surface area contributed by atoms with Crippen molar-refractivity contribution in [2.45, 2.75) is 6.18 Å². The number of halogens is 4. The molecule has 84 valence electrons. The van der Waals surface area contributed by atoms with Crippen molar-refractivity contribution in [3.8, 4) is 0 Å². The average Bonchev–Trinajstić information content (AvgIpc) is 2.02. The molecule has 1 aromatic rings. The molecule has 1 aromatic carbocycles. The molecule has 0 heterocycles. The largest absolute Gasteiger partial charge is 0.416 e. The zero-order valence-corrected chi connectivity index (χ0v) is 8.27. The van der Waals surface area contributed by atoms with E-state index in [9.17, 15) is 13.2 Å². The van der Waals surface area contributed by atoms with Crippen molar-refractivity contribution in [1.29, 1.82) is 0 Å². The number of guanidine groups is 1. The van der Waals surface area contributed by atoms with Gasteiger partial charge in [0.25, 0.3) is 0 Å². The standard InChI is InChI=1S/C8H8F3N3.ClH/c9-8(10,11)5-1-3-6(4-2-5)14-7(12)13;/h1-4H,(H4,12,13,14);1H. The average molecular weight is 240 g/mol. The van der Waals surface area contributed by atoms with E-state index < -0.39 is 11.7 Å². The Morgan fingerprint density at radius 1 is 1.07 bits per heavy atom. The van der Waals surface area contributed by atoms with Gasteiger partial charge < -0.3 is 11.5 Å². The van der Waals surface area contributed by atoms with Gasteiger partial charge in [0.15, 0.2) is 5.96 Å². The van der Waals surface area contributed by atoms with Gasteiger partial charge in [-0.15, -0.1) is 12.4 Å². The maximum absolute atomic E-state index is 12.1. The molecule has 7 heteroatoms. The van der Waals surface area contributed by atoms with Crippen LogP contribution in [0.4, 0.5) is 18.9 Å². The van der Waals surface area contributed by atoms with Crippen molar-refractivity contribution in [1.82, 2.24) is 0 Å². The Balaban J connectivity index is 0.00000196. The fourth-order valence-electron chi connectivity index (χ4n) is 0.874. The third kappa shape index (κ3) is 4.07. The molecule has 4 N–H and O–H groups in total. The number of alkyl halides is 3. The number of rotatable bonds is 1. The first-order valence-electron chi connectivity index (χ1n) is 3.66. The molecule has 15 heavy (non-hydrogen) atoms. The molecule has 1 rings (SSSR count). The summed E-state index contributed by atoms with van der Waals surface area (Å²) in [7, 11) is 0. The van der Waals surface area contributed by atoms with Crippen LogP contribution in [0.2, 0.25) is 0 Å². The Kier molecular flexibility index (Phi) is 4.41. The molecule has 3 nitrogen and oxygen atoms in total. The summed E-state index contributed by atoms with van der Waals surface area (Å²) in [5.41, 5.74) is 9.67. The molecule has 0 bridgehead atoms. The summed E-state index contributed by atoms with van der Waals surface area (Å²) in [6.45, 7) is 0. The van der Waals surface area contributed by atoms with Gasteiger partial charge in [0.2, 0.25) is 0 Å². The monoisotopic (exact) mass is 239 g/mol. The topological polar surface area (TPSA) is 64.4 Å². The van der Waals surface area contributed by atoms with Crippen LogP contribution in [0.1, 0.15) is 5.56 Å². The molecule has 0 saturated heterocycles. The molecule has 0 fully saturated rings. The van der Waals surface area contributed by atoms with Crippen molar-refractivity contribution in [2.75, 3.05) is 0 Å². The first-order chi connectivity index (χ1) is 6.39. The normalized spacial score (nSPS) is 10.3. The van der Waals surface area contributed by atoms with Crippen molar-refractivity contribution >= 4 is 24.1 Å². The second kappa shape index (κ2) is 4.88. The van der Waals surface area contributed by atoms with Crippen LogP contribution in [-0.2, 0) is 6.18 Å². The third-order valence-electron chi connectivity index (χ3n) is 1.45. The number of aliphatic imine (C=N–C) groups is 1. The number of hydrogen-bond donors (Lipinski definition) is 2. The summed E-state index contributed by atoms with van der Waals surface area (Å²) in [5.74, 6) is -0.190. The summed E-state index contributed by atoms with van der Waals surface area (Å²) in [5, 5.41) is 0. The van der Waals surface area contributed by atoms with Gasteiger partial charge in [0, 0.05) is 0 Å². The molecule has 0 atom stereocenters. The van der Waals surface area contributed by atoms with Crippen LogP contribution < -0.4 is 11.5 Å². The molecule has 0 saturated carbocycles. The smallest absolute Gasteiger partial charge is 0.370 e. The number of nitrogens with zero attached hydrogens (tertiary/aromatic N) is 1. The van der Waals surface area contributed by atoms with Crippen LogP contribution >= 0.6 is 12.4 Å². The van der Waals surface area contributed by atoms with E-state index >= 15 is 0 Å². The van der Waals surface area contributed by atoms with E-state index in [2.05, 4.69) is 4.99 Å². The maximum atomic E-state index is 12.1. The summed E-state index contributed by atoms with van der Waals surface area (Å²) in [6, 6.07) is 4.23. The molecule has 0 aliphatic heterocycles. The highest BCUT2D eigenvalue weighted by molar-refractivity contribution is 5.85. The lowest BCUT2D eigenvalue weighted by Crippen LogP contribution is -2.21. The van der Waals surface area contributed by atoms with E-state index in [0.29, 0.717) is 0 Å². The number of benzene rings is 1. The Labute approximate surface area is 90.4 Å². The van der Waals surface area contributed by atoms with Gasteiger partial charge in [-0.2, -0.15) is 13.2 Å². The summed E-state index contributed by atoms with van der Waals surface area (Å²) >= 11 is 0. The molecule has 0 aromatic heterocycles. The van der Waals surface area contributed by atoms with Crippen molar-refractivity contribution in [3.05, 3.63) is 29.8 Å². The Bertz CT molecular complexity index is 341. The summed E-state index contributed by atoms with van der Waals surface area (Å²) in [4.78, 5) is 3.59. The van der Waals surface area contributed by atoms with Crippen molar-refractivity contribution < 1.29 is 13.2 Å². The predicted octanol–water partition coefficient (Wildman–Crippen LogP) is 2.03. The minimum atomic E-state index is -4.34. The minimum Gasteiger partial charge on any atom is -0.370 e. The fourth-order valence-corrected chi connectivity index (χ4v) is 0.874. The lowest BCUT2D eigenvalue weighted by atomic mass is 10.2. The van der Waals surface area contributed by atoms with Crippen LogP contribution in [0.3, 0.4) is 0 Å². The van der Waals surface area contributed by atoms with E-state index in [4.69, 9.17) is 11.5 Å². The molecule has 0 unspecified atom stereocenters. The molecule has 0 amide bonds. The molecule has 0 aliphatic carbocycles. The highest BCUT2D eigenvalue weighted by Crippen LogP contribution is 2.30. The lowest BCUT2D eigenvalue weighted by Gasteiger charge is -2.05. The van der Waals surface area contributed by atoms with Crippen LogP contribution in [0.15, 0.2) is 29.3 Å². The maximum Gasteiger partial charge on any atom is 0.416 e. The molecule has 0 spiro atoms. The molecule has 0 radical (unpaired) electrons. The van der Waals surface area contributed by atoms with E-state index in [1.165, 1.54) is 12.1 Å². The first kappa shape index (κ1) is 13.6. The number of hydrogen-bond acceptors (Lipinski definition) is 1. The van der Waals surface area contributed by atoms with Gasteiger partial charge >= 0.3 is 6.18 Å². The highest BCUT2D eigenvalue weighted by atomic mass is 35.5. The Morgan fingerprint density at radius 3 is 1.87 bits per heavy atom. The summed E-state index contributed by atoms with van der Waals surface area (Å²) < 4.78 is 36.3. The van der Waals surface area contributed by atoms with Crippen LogP contribution in [0.5, 0.6) is 0 Å². The van der Waals surface area contributed by atoms with Crippen LogP contribution in [0.25, 0.3) is 0 Å².